The molecule has 2 N–H and O–H groups in total. The van der Waals surface area contributed by atoms with Crippen molar-refractivity contribution in [1.82, 2.24) is 9.97 Å². The van der Waals surface area contributed by atoms with Gasteiger partial charge in [0.2, 0.25) is 5.88 Å². The van der Waals surface area contributed by atoms with Crippen molar-refractivity contribution in [3.63, 3.8) is 0 Å². The number of aromatic nitrogens is 2. The van der Waals surface area contributed by atoms with Gasteiger partial charge in [0.1, 0.15) is 0 Å². The Labute approximate surface area is 115 Å². The number of anilines is 2. The summed E-state index contributed by atoms with van der Waals surface area (Å²) in [6.45, 7) is 0.317. The summed E-state index contributed by atoms with van der Waals surface area (Å²) in [6.07, 6.45) is 1.59. The zero-order valence-electron chi connectivity index (χ0n) is 11.1. The third-order valence-corrected chi connectivity index (χ3v) is 2.63. The average Bonchev–Trinajstić information content (AvgIpc) is 2.46. The first-order valence-electron chi connectivity index (χ1n) is 5.90. The van der Waals surface area contributed by atoms with Crippen molar-refractivity contribution in [1.29, 1.82) is 0 Å². The topological polar surface area (TPSA) is 59.1 Å². The van der Waals surface area contributed by atoms with Crippen LogP contribution in [-0.4, -0.2) is 24.1 Å². The molecule has 0 unspecified atom stereocenters. The Morgan fingerprint density at radius 2 is 1.95 bits per heavy atom. The monoisotopic (exact) mass is 280 g/mol. The van der Waals surface area contributed by atoms with E-state index in [0.29, 0.717) is 12.4 Å². The van der Waals surface area contributed by atoms with Crippen molar-refractivity contribution >= 4 is 11.6 Å². The third-order valence-electron chi connectivity index (χ3n) is 2.63. The zero-order chi connectivity index (χ0) is 14.5. The lowest BCUT2D eigenvalue weighted by atomic mass is 10.2. The molecule has 2 aromatic heterocycles. The lowest BCUT2D eigenvalue weighted by molar-refractivity contribution is 0.397. The molecule has 0 saturated carbocycles. The lowest BCUT2D eigenvalue weighted by Crippen LogP contribution is -2.07. The van der Waals surface area contributed by atoms with Crippen LogP contribution in [0.25, 0.3) is 0 Å². The number of hydrogen-bond donors (Lipinski definition) is 2. The molecule has 0 aliphatic carbocycles. The van der Waals surface area contributed by atoms with E-state index in [-0.39, 0.29) is 11.6 Å². The minimum Gasteiger partial charge on any atom is -0.481 e. The molecule has 0 spiro atoms. The first-order valence-corrected chi connectivity index (χ1v) is 5.90. The van der Waals surface area contributed by atoms with E-state index in [1.807, 2.05) is 0 Å². The van der Waals surface area contributed by atoms with Gasteiger partial charge in [-0.2, -0.15) is 0 Å². The summed E-state index contributed by atoms with van der Waals surface area (Å²) in [5.41, 5.74) is 0.841. The molecule has 2 aromatic rings. The number of nitrogens with one attached hydrogen (secondary N) is 2. The second-order valence-corrected chi connectivity index (χ2v) is 3.96. The van der Waals surface area contributed by atoms with Crippen molar-refractivity contribution in [2.45, 2.75) is 6.54 Å². The molecule has 0 aromatic carbocycles. The lowest BCUT2D eigenvalue weighted by Gasteiger charge is -2.10. The maximum Gasteiger partial charge on any atom is 0.213 e. The fourth-order valence-corrected chi connectivity index (χ4v) is 1.62. The maximum atomic E-state index is 13.6. The normalized spacial score (nSPS) is 10.2. The number of rotatable bonds is 5. The summed E-state index contributed by atoms with van der Waals surface area (Å²) in [5, 5.41) is 5.36. The molecule has 2 rings (SSSR count). The van der Waals surface area contributed by atoms with Gasteiger partial charge in [-0.1, -0.05) is 0 Å². The number of pyridine rings is 2. The van der Waals surface area contributed by atoms with Crippen LogP contribution in [0, 0.1) is 11.6 Å². The van der Waals surface area contributed by atoms with Crippen molar-refractivity contribution in [3.8, 4) is 5.88 Å². The molecule has 0 fully saturated rings. The van der Waals surface area contributed by atoms with Gasteiger partial charge in [0.25, 0.3) is 0 Å². The molecule has 0 aliphatic heterocycles. The van der Waals surface area contributed by atoms with Crippen molar-refractivity contribution in [2.24, 2.45) is 0 Å². The Morgan fingerprint density at radius 1 is 1.20 bits per heavy atom. The van der Waals surface area contributed by atoms with Crippen molar-refractivity contribution in [2.75, 3.05) is 24.8 Å². The second-order valence-electron chi connectivity index (χ2n) is 3.96. The standard InChI is InChI=1S/C13H14F2N4O/c1-16-12-9(14)6-10(15)13(19-12)18-7-8-3-4-17-11(5-8)20-2/h3-6H,7H2,1-2H3,(H2,16,18,19). The Balaban J connectivity index is 2.14. The molecule has 7 heteroatoms. The van der Waals surface area contributed by atoms with Crippen LogP contribution in [0.4, 0.5) is 20.4 Å². The molecule has 106 valence electrons. The number of ether oxygens (including phenoxy) is 1. The summed E-state index contributed by atoms with van der Waals surface area (Å²) in [4.78, 5) is 7.80. The van der Waals surface area contributed by atoms with Gasteiger partial charge < -0.3 is 15.4 Å². The highest BCUT2D eigenvalue weighted by Crippen LogP contribution is 2.19. The quantitative estimate of drug-likeness (QED) is 0.880. The molecule has 0 atom stereocenters. The fourth-order valence-electron chi connectivity index (χ4n) is 1.62. The second kappa shape index (κ2) is 6.14. The van der Waals surface area contributed by atoms with Gasteiger partial charge in [-0.25, -0.2) is 18.7 Å². The Kier molecular flexibility index (Phi) is 4.29. The van der Waals surface area contributed by atoms with Gasteiger partial charge in [-0.15, -0.1) is 0 Å². The molecule has 0 amide bonds. The summed E-state index contributed by atoms with van der Waals surface area (Å²) in [5.74, 6) is -1.05. The molecule has 20 heavy (non-hydrogen) atoms. The van der Waals surface area contributed by atoms with Gasteiger partial charge in [-0.3, -0.25) is 0 Å². The minimum atomic E-state index is -0.748. The Morgan fingerprint density at radius 3 is 2.65 bits per heavy atom. The molecule has 2 heterocycles. The number of nitrogens with zero attached hydrogens (tertiary/aromatic N) is 2. The number of methoxy groups -OCH3 is 1. The molecule has 0 saturated heterocycles. The van der Waals surface area contributed by atoms with Crippen LogP contribution in [0.1, 0.15) is 5.56 Å². The summed E-state index contributed by atoms with van der Waals surface area (Å²) < 4.78 is 31.9. The smallest absolute Gasteiger partial charge is 0.213 e. The van der Waals surface area contributed by atoms with E-state index >= 15 is 0 Å². The number of hydrogen-bond acceptors (Lipinski definition) is 5. The van der Waals surface area contributed by atoms with Gasteiger partial charge in [-0.05, 0) is 11.6 Å². The number of halogens is 2. The molecule has 5 nitrogen and oxygen atoms in total. The maximum absolute atomic E-state index is 13.6. The van der Waals surface area contributed by atoms with Crippen LogP contribution >= 0.6 is 0 Å². The van der Waals surface area contributed by atoms with Crippen LogP contribution < -0.4 is 15.4 Å². The third kappa shape index (κ3) is 3.11. The highest BCUT2D eigenvalue weighted by Gasteiger charge is 2.10. The van der Waals surface area contributed by atoms with Crippen molar-refractivity contribution in [3.05, 3.63) is 41.6 Å². The largest absolute Gasteiger partial charge is 0.481 e. The Hall–Kier alpha value is -2.44. The van der Waals surface area contributed by atoms with Crippen LogP contribution in [0.3, 0.4) is 0 Å². The SMILES string of the molecule is CNc1nc(NCc2ccnc(OC)c2)c(F)cc1F. The van der Waals surface area contributed by atoms with Gasteiger partial charge in [0.15, 0.2) is 23.3 Å². The predicted molar refractivity (Wildman–Crippen MR) is 71.8 cm³/mol. The zero-order valence-corrected chi connectivity index (χ0v) is 11.1. The van der Waals surface area contributed by atoms with E-state index in [4.69, 9.17) is 4.74 Å². The van der Waals surface area contributed by atoms with E-state index in [1.54, 1.807) is 18.3 Å². The van der Waals surface area contributed by atoms with Crippen molar-refractivity contribution < 1.29 is 13.5 Å². The van der Waals surface area contributed by atoms with Gasteiger partial charge in [0.05, 0.1) is 7.11 Å². The Bertz CT molecular complexity index is 607. The summed E-state index contributed by atoms with van der Waals surface area (Å²) in [7, 11) is 3.03. The molecule has 0 radical (unpaired) electrons. The minimum absolute atomic E-state index is 0.0128. The van der Waals surface area contributed by atoms with Crippen LogP contribution in [-0.2, 0) is 6.54 Å². The van der Waals surface area contributed by atoms with E-state index < -0.39 is 11.6 Å². The predicted octanol–water partition coefficient (Wildman–Crippen LogP) is 2.42. The van der Waals surface area contributed by atoms with Gasteiger partial charge in [0, 0.05) is 31.9 Å². The molecule has 0 bridgehead atoms. The van der Waals surface area contributed by atoms with E-state index in [2.05, 4.69) is 20.6 Å². The molecular weight excluding hydrogens is 266 g/mol. The first-order chi connectivity index (χ1) is 9.63. The van der Waals surface area contributed by atoms with Crippen LogP contribution in [0.2, 0.25) is 0 Å². The molecular formula is C13H14F2N4O. The highest BCUT2D eigenvalue weighted by atomic mass is 19.1. The summed E-state index contributed by atoms with van der Waals surface area (Å²) >= 11 is 0. The first kappa shape index (κ1) is 14.0. The van der Waals surface area contributed by atoms with E-state index in [1.165, 1.54) is 14.2 Å². The molecule has 0 aliphatic rings. The fraction of sp³-hybridized carbons (Fsp3) is 0.231. The average molecular weight is 280 g/mol. The highest BCUT2D eigenvalue weighted by molar-refractivity contribution is 5.47. The van der Waals surface area contributed by atoms with Gasteiger partial charge >= 0.3 is 0 Å². The van der Waals surface area contributed by atoms with Crippen LogP contribution in [0.5, 0.6) is 5.88 Å². The van der Waals surface area contributed by atoms with E-state index in [9.17, 15) is 8.78 Å². The van der Waals surface area contributed by atoms with Crippen LogP contribution in [0.15, 0.2) is 24.4 Å². The summed E-state index contributed by atoms with van der Waals surface area (Å²) in [6, 6.07) is 4.26. The van der Waals surface area contributed by atoms with E-state index in [0.717, 1.165) is 11.6 Å².